The maximum absolute atomic E-state index is 12.4. The molecule has 1 aliphatic rings. The van der Waals surface area contributed by atoms with Gasteiger partial charge in [0.25, 0.3) is 10.0 Å². The highest BCUT2D eigenvalue weighted by molar-refractivity contribution is 7.89. The first-order valence-electron chi connectivity index (χ1n) is 6.00. The van der Waals surface area contributed by atoms with Gasteiger partial charge in [-0.1, -0.05) is 0 Å². The van der Waals surface area contributed by atoms with Crippen LogP contribution in [0.5, 0.6) is 5.75 Å². The Morgan fingerprint density at radius 1 is 1.21 bits per heavy atom. The Bertz CT molecular complexity index is 600. The van der Waals surface area contributed by atoms with Gasteiger partial charge in [0.05, 0.1) is 12.0 Å². The third-order valence-corrected chi connectivity index (χ3v) is 4.94. The van der Waals surface area contributed by atoms with Gasteiger partial charge in [0, 0.05) is 6.54 Å². The molecule has 0 aliphatic carbocycles. The number of methoxy groups -OCH3 is 1. The Hall–Kier alpha value is -1.78. The van der Waals surface area contributed by atoms with Crippen LogP contribution < -0.4 is 4.74 Å². The van der Waals surface area contributed by atoms with Crippen LogP contribution in [0.25, 0.3) is 0 Å². The van der Waals surface area contributed by atoms with Crippen LogP contribution >= 0.6 is 0 Å². The first-order valence-corrected chi connectivity index (χ1v) is 7.44. The number of benzene rings is 1. The molecule has 6 heteroatoms. The van der Waals surface area contributed by atoms with Crippen LogP contribution in [0, 0.1) is 0 Å². The van der Waals surface area contributed by atoms with Crippen molar-refractivity contribution in [2.45, 2.75) is 24.2 Å². The van der Waals surface area contributed by atoms with Crippen molar-refractivity contribution in [2.75, 3.05) is 13.7 Å². The number of nitrogens with zero attached hydrogens (tertiary/aromatic N) is 1. The molecule has 0 saturated carbocycles. The van der Waals surface area contributed by atoms with E-state index < -0.39 is 10.0 Å². The lowest BCUT2D eigenvalue weighted by Gasteiger charge is -2.28. The van der Waals surface area contributed by atoms with Crippen molar-refractivity contribution in [2.24, 2.45) is 0 Å². The minimum atomic E-state index is -3.67. The molecular formula is C13H15NO4S. The van der Waals surface area contributed by atoms with E-state index in [0.717, 1.165) is 17.1 Å². The normalized spacial score (nSPS) is 16.1. The van der Waals surface area contributed by atoms with Crippen LogP contribution in [-0.4, -0.2) is 32.3 Å². The lowest BCUT2D eigenvalue weighted by Crippen LogP contribution is -2.34. The summed E-state index contributed by atoms with van der Waals surface area (Å²) in [6.07, 6.45) is 2.03. The molecule has 1 aliphatic heterocycles. The average molecular weight is 281 g/mol. The number of hydrogen-bond acceptors (Lipinski definition) is 4. The monoisotopic (exact) mass is 281 g/mol. The standard InChI is InChI=1S/C13H15NO4S/c1-18-12-5-7-13(8-6-12)19(16,17)14-9-3-2-4-11(14)10-15/h5-8H,2-4,9H2,1H3. The van der Waals surface area contributed by atoms with Gasteiger partial charge in [-0.25, -0.2) is 13.2 Å². The van der Waals surface area contributed by atoms with Gasteiger partial charge >= 0.3 is 0 Å². The molecule has 5 nitrogen and oxygen atoms in total. The van der Waals surface area contributed by atoms with Crippen molar-refractivity contribution in [3.05, 3.63) is 30.0 Å². The van der Waals surface area contributed by atoms with E-state index in [1.807, 2.05) is 0 Å². The molecule has 0 spiro atoms. The molecule has 0 amide bonds. The molecule has 0 bridgehead atoms. The van der Waals surface area contributed by atoms with Crippen molar-refractivity contribution in [1.82, 2.24) is 4.31 Å². The quantitative estimate of drug-likeness (QED) is 0.789. The minimum absolute atomic E-state index is 0.156. The van der Waals surface area contributed by atoms with Gasteiger partial charge in [-0.05, 0) is 43.5 Å². The predicted molar refractivity (Wildman–Crippen MR) is 69.9 cm³/mol. The molecule has 1 saturated heterocycles. The summed E-state index contributed by atoms with van der Waals surface area (Å²) in [4.78, 5) is 11.0. The number of sulfonamides is 1. The first kappa shape index (κ1) is 13.6. The van der Waals surface area contributed by atoms with E-state index in [4.69, 9.17) is 4.74 Å². The predicted octanol–water partition coefficient (Wildman–Crippen LogP) is 1.59. The van der Waals surface area contributed by atoms with Gasteiger partial charge in [0.2, 0.25) is 0 Å². The Labute approximate surface area is 112 Å². The largest absolute Gasteiger partial charge is 0.497 e. The van der Waals surface area contributed by atoms with Gasteiger partial charge in [0.15, 0.2) is 0 Å². The van der Waals surface area contributed by atoms with Crippen LogP contribution in [0.15, 0.2) is 34.9 Å². The van der Waals surface area contributed by atoms with E-state index in [1.54, 1.807) is 18.1 Å². The Morgan fingerprint density at radius 3 is 2.47 bits per heavy atom. The maximum Gasteiger partial charge on any atom is 0.264 e. The molecule has 0 unspecified atom stereocenters. The van der Waals surface area contributed by atoms with Gasteiger partial charge in [-0.2, -0.15) is 0 Å². The molecule has 1 aromatic rings. The van der Waals surface area contributed by atoms with Crippen LogP contribution in [0.4, 0.5) is 0 Å². The number of rotatable bonds is 3. The topological polar surface area (TPSA) is 63.7 Å². The molecule has 19 heavy (non-hydrogen) atoms. The third kappa shape index (κ3) is 2.64. The lowest BCUT2D eigenvalue weighted by molar-refractivity contribution is 0.407. The van der Waals surface area contributed by atoms with Gasteiger partial charge in [-0.15, -0.1) is 0 Å². The smallest absolute Gasteiger partial charge is 0.264 e. The SMILES string of the molecule is COc1ccc(S(=O)(=O)N2CCCCC2=C=O)cc1. The van der Waals surface area contributed by atoms with E-state index in [0.29, 0.717) is 18.7 Å². The molecule has 1 fully saturated rings. The van der Waals surface area contributed by atoms with Crippen LogP contribution in [0.2, 0.25) is 0 Å². The van der Waals surface area contributed by atoms with Crippen LogP contribution in [-0.2, 0) is 14.8 Å². The zero-order valence-electron chi connectivity index (χ0n) is 10.6. The summed E-state index contributed by atoms with van der Waals surface area (Å²) < 4.78 is 31.0. The number of allylic oxidation sites excluding steroid dienone is 1. The van der Waals surface area contributed by atoms with Crippen LogP contribution in [0.1, 0.15) is 19.3 Å². The second-order valence-electron chi connectivity index (χ2n) is 4.26. The highest BCUT2D eigenvalue weighted by atomic mass is 32.2. The zero-order valence-corrected chi connectivity index (χ0v) is 11.4. The number of ether oxygens (including phenoxy) is 1. The van der Waals surface area contributed by atoms with Crippen molar-refractivity contribution in [3.63, 3.8) is 0 Å². The molecule has 0 aromatic heterocycles. The summed E-state index contributed by atoms with van der Waals surface area (Å²) in [6, 6.07) is 6.12. The second kappa shape index (κ2) is 5.47. The summed E-state index contributed by atoms with van der Waals surface area (Å²) in [5.74, 6) is 2.33. The number of piperidine rings is 1. The maximum atomic E-state index is 12.4. The molecule has 1 aromatic carbocycles. The van der Waals surface area contributed by atoms with Crippen LogP contribution in [0.3, 0.4) is 0 Å². The summed E-state index contributed by atoms with van der Waals surface area (Å²) in [6.45, 7) is 0.332. The van der Waals surface area contributed by atoms with E-state index in [1.165, 1.54) is 19.2 Å². The highest BCUT2D eigenvalue weighted by Crippen LogP contribution is 2.27. The molecule has 2 rings (SSSR count). The summed E-state index contributed by atoms with van der Waals surface area (Å²) in [7, 11) is -2.15. The van der Waals surface area contributed by atoms with Crippen molar-refractivity contribution in [3.8, 4) is 5.75 Å². The van der Waals surface area contributed by atoms with E-state index in [2.05, 4.69) is 0 Å². The summed E-state index contributed by atoms with van der Waals surface area (Å²) in [5.41, 5.74) is 0.210. The average Bonchev–Trinajstić information content (AvgIpc) is 2.47. The fraction of sp³-hybridized carbons (Fsp3) is 0.385. The van der Waals surface area contributed by atoms with Crippen molar-refractivity contribution < 1.29 is 17.9 Å². The first-order chi connectivity index (χ1) is 9.09. The second-order valence-corrected chi connectivity index (χ2v) is 6.12. The zero-order chi connectivity index (χ0) is 13.9. The number of hydrogen-bond donors (Lipinski definition) is 0. The highest BCUT2D eigenvalue weighted by Gasteiger charge is 2.29. The minimum Gasteiger partial charge on any atom is -0.497 e. The van der Waals surface area contributed by atoms with E-state index in [-0.39, 0.29) is 10.6 Å². The van der Waals surface area contributed by atoms with Crippen molar-refractivity contribution in [1.29, 1.82) is 0 Å². The Balaban J connectivity index is 2.37. The summed E-state index contributed by atoms with van der Waals surface area (Å²) >= 11 is 0. The van der Waals surface area contributed by atoms with Gasteiger partial charge in [0.1, 0.15) is 17.4 Å². The lowest BCUT2D eigenvalue weighted by atomic mass is 10.1. The molecule has 102 valence electrons. The van der Waals surface area contributed by atoms with E-state index in [9.17, 15) is 13.2 Å². The molecule has 0 N–H and O–H groups in total. The fourth-order valence-electron chi connectivity index (χ4n) is 2.05. The molecule has 1 heterocycles. The molecule has 0 atom stereocenters. The fourth-order valence-corrected chi connectivity index (χ4v) is 3.57. The Morgan fingerprint density at radius 2 is 1.89 bits per heavy atom. The number of carbonyl (C=O) groups excluding carboxylic acids is 1. The molecule has 0 radical (unpaired) electrons. The van der Waals surface area contributed by atoms with E-state index >= 15 is 0 Å². The van der Waals surface area contributed by atoms with Gasteiger partial charge in [-0.3, -0.25) is 4.31 Å². The molecular weight excluding hydrogens is 266 g/mol. The third-order valence-electron chi connectivity index (χ3n) is 3.09. The summed E-state index contributed by atoms with van der Waals surface area (Å²) in [5, 5.41) is 0. The Kier molecular flexibility index (Phi) is 3.93. The van der Waals surface area contributed by atoms with Crippen molar-refractivity contribution >= 4 is 16.0 Å². The van der Waals surface area contributed by atoms with Gasteiger partial charge < -0.3 is 4.74 Å².